The number of nitrogens with one attached hydrogen (secondary N) is 1. The van der Waals surface area contributed by atoms with E-state index in [1.54, 1.807) is 12.1 Å². The number of hydrazine groups is 1. The number of non-ortho nitro benzene ring substituents is 1. The lowest BCUT2D eigenvalue weighted by molar-refractivity contribution is -0.384. The normalized spacial score (nSPS) is 22.1. The van der Waals surface area contributed by atoms with Crippen molar-refractivity contribution >= 4 is 11.4 Å². The second kappa shape index (κ2) is 7.25. The summed E-state index contributed by atoms with van der Waals surface area (Å²) in [6.07, 6.45) is 2.29. The fourth-order valence-electron chi connectivity index (χ4n) is 3.40. The van der Waals surface area contributed by atoms with Crippen LogP contribution in [0.25, 0.3) is 0 Å². The third kappa shape index (κ3) is 4.19. The number of likely N-dealkylation sites (N-methyl/N-ethyl adjacent to an activating group) is 1. The van der Waals surface area contributed by atoms with Crippen LogP contribution in [0.1, 0.15) is 12.8 Å². The van der Waals surface area contributed by atoms with Gasteiger partial charge >= 0.3 is 0 Å². The van der Waals surface area contributed by atoms with Gasteiger partial charge < -0.3 is 10.3 Å². The van der Waals surface area contributed by atoms with Crippen LogP contribution in [0.4, 0.5) is 11.4 Å². The molecule has 3 rings (SSSR count). The molecule has 0 aliphatic carbocycles. The third-order valence-corrected chi connectivity index (χ3v) is 4.86. The van der Waals surface area contributed by atoms with Gasteiger partial charge in [0.2, 0.25) is 0 Å². The first-order valence-electron chi connectivity index (χ1n) is 8.30. The Balaban J connectivity index is 1.49. The lowest BCUT2D eigenvalue weighted by Crippen LogP contribution is -2.52. The number of hydrogen-bond donors (Lipinski definition) is 1. The molecule has 7 nitrogen and oxygen atoms in total. The van der Waals surface area contributed by atoms with Gasteiger partial charge in [0.25, 0.3) is 5.69 Å². The van der Waals surface area contributed by atoms with Crippen LogP contribution in [0, 0.1) is 10.1 Å². The van der Waals surface area contributed by atoms with Crippen LogP contribution in [0.2, 0.25) is 0 Å². The van der Waals surface area contributed by atoms with Gasteiger partial charge in [0.05, 0.1) is 10.6 Å². The monoisotopic (exact) mass is 319 g/mol. The summed E-state index contributed by atoms with van der Waals surface area (Å²) in [6.45, 7) is 6.59. The van der Waals surface area contributed by atoms with Crippen molar-refractivity contribution in [2.45, 2.75) is 18.9 Å². The van der Waals surface area contributed by atoms with Crippen molar-refractivity contribution in [3.05, 3.63) is 34.4 Å². The minimum Gasteiger partial charge on any atom is -0.319 e. The molecule has 0 radical (unpaired) electrons. The topological polar surface area (TPSA) is 64.9 Å². The summed E-state index contributed by atoms with van der Waals surface area (Å²) in [5, 5.41) is 13.0. The molecule has 0 aromatic heterocycles. The Kier molecular flexibility index (Phi) is 5.09. The van der Waals surface area contributed by atoms with Gasteiger partial charge in [0.1, 0.15) is 0 Å². The predicted molar refractivity (Wildman–Crippen MR) is 90.4 cm³/mol. The minimum atomic E-state index is -0.356. The van der Waals surface area contributed by atoms with Gasteiger partial charge in [-0.15, -0.1) is 0 Å². The molecule has 0 amide bonds. The number of piperazine rings is 1. The molecule has 2 heterocycles. The summed E-state index contributed by atoms with van der Waals surface area (Å²) in [6, 6.07) is 7.38. The van der Waals surface area contributed by atoms with E-state index in [2.05, 4.69) is 27.3 Å². The Bertz CT molecular complexity index is 537. The molecule has 23 heavy (non-hydrogen) atoms. The van der Waals surface area contributed by atoms with Crippen LogP contribution in [-0.2, 0) is 0 Å². The number of hydrogen-bond acceptors (Lipinski definition) is 6. The number of benzene rings is 1. The fourth-order valence-corrected chi connectivity index (χ4v) is 3.40. The van der Waals surface area contributed by atoms with E-state index in [-0.39, 0.29) is 10.6 Å². The highest BCUT2D eigenvalue weighted by Crippen LogP contribution is 2.21. The summed E-state index contributed by atoms with van der Waals surface area (Å²) in [5.41, 5.74) is 4.23. The van der Waals surface area contributed by atoms with E-state index in [0.29, 0.717) is 6.04 Å². The van der Waals surface area contributed by atoms with Crippen LogP contribution in [-0.4, -0.2) is 72.1 Å². The molecule has 0 saturated carbocycles. The Morgan fingerprint density at radius 2 is 1.83 bits per heavy atom. The van der Waals surface area contributed by atoms with Gasteiger partial charge in [-0.1, -0.05) is 6.07 Å². The molecule has 2 fully saturated rings. The first kappa shape index (κ1) is 16.2. The maximum absolute atomic E-state index is 10.8. The Hall–Kier alpha value is -1.70. The van der Waals surface area contributed by atoms with E-state index in [9.17, 15) is 10.1 Å². The smallest absolute Gasteiger partial charge is 0.271 e. The van der Waals surface area contributed by atoms with Gasteiger partial charge in [-0.25, -0.2) is 5.01 Å². The standard InChI is InChI=1S/C16H25N5O2/c1-18-9-11-19(12-10-18)15-5-7-20(8-6-15)17-14-3-2-4-16(13-14)21(22)23/h2-4,13,15,17H,5-12H2,1H3. The molecule has 126 valence electrons. The summed E-state index contributed by atoms with van der Waals surface area (Å²) >= 11 is 0. The molecular weight excluding hydrogens is 294 g/mol. The number of piperidine rings is 1. The largest absolute Gasteiger partial charge is 0.319 e. The van der Waals surface area contributed by atoms with Crippen molar-refractivity contribution < 1.29 is 4.92 Å². The van der Waals surface area contributed by atoms with Crippen molar-refractivity contribution in [2.24, 2.45) is 0 Å². The average molecular weight is 319 g/mol. The summed E-state index contributed by atoms with van der Waals surface area (Å²) < 4.78 is 0. The van der Waals surface area contributed by atoms with Crippen molar-refractivity contribution in [2.75, 3.05) is 51.7 Å². The minimum absolute atomic E-state index is 0.127. The zero-order chi connectivity index (χ0) is 16.2. The molecule has 0 spiro atoms. The molecule has 7 heteroatoms. The van der Waals surface area contributed by atoms with E-state index in [1.165, 1.54) is 19.2 Å². The Morgan fingerprint density at radius 3 is 2.48 bits per heavy atom. The van der Waals surface area contributed by atoms with E-state index in [0.717, 1.165) is 44.7 Å². The van der Waals surface area contributed by atoms with Crippen LogP contribution in [0.5, 0.6) is 0 Å². The molecule has 0 unspecified atom stereocenters. The fraction of sp³-hybridized carbons (Fsp3) is 0.625. The maximum atomic E-state index is 10.8. The van der Waals surface area contributed by atoms with Crippen molar-refractivity contribution in [3.63, 3.8) is 0 Å². The van der Waals surface area contributed by atoms with Crippen LogP contribution < -0.4 is 5.43 Å². The second-order valence-corrected chi connectivity index (χ2v) is 6.48. The van der Waals surface area contributed by atoms with E-state index >= 15 is 0 Å². The first-order chi connectivity index (χ1) is 11.1. The van der Waals surface area contributed by atoms with Gasteiger partial charge in [0.15, 0.2) is 0 Å². The SMILES string of the molecule is CN1CCN(C2CCN(Nc3cccc([N+](=O)[O-])c3)CC2)CC1. The number of nitro groups is 1. The molecule has 1 N–H and O–H groups in total. The van der Waals surface area contributed by atoms with Crippen molar-refractivity contribution in [3.8, 4) is 0 Å². The number of nitrogens with zero attached hydrogens (tertiary/aromatic N) is 4. The van der Waals surface area contributed by atoms with Crippen LogP contribution in [0.15, 0.2) is 24.3 Å². The van der Waals surface area contributed by atoms with Gasteiger partial charge in [-0.2, -0.15) is 0 Å². The zero-order valence-corrected chi connectivity index (χ0v) is 13.6. The van der Waals surface area contributed by atoms with E-state index in [4.69, 9.17) is 0 Å². The average Bonchev–Trinajstić information content (AvgIpc) is 2.57. The van der Waals surface area contributed by atoms with Crippen molar-refractivity contribution in [1.29, 1.82) is 0 Å². The molecule has 0 bridgehead atoms. The van der Waals surface area contributed by atoms with Crippen molar-refractivity contribution in [1.82, 2.24) is 14.8 Å². The maximum Gasteiger partial charge on any atom is 0.271 e. The molecule has 0 atom stereocenters. The number of rotatable bonds is 4. The first-order valence-corrected chi connectivity index (χ1v) is 8.30. The van der Waals surface area contributed by atoms with Gasteiger partial charge in [-0.05, 0) is 26.0 Å². The third-order valence-electron chi connectivity index (χ3n) is 4.86. The Morgan fingerprint density at radius 1 is 1.13 bits per heavy atom. The molecular formula is C16H25N5O2. The highest BCUT2D eigenvalue weighted by molar-refractivity contribution is 5.50. The Labute approximate surface area is 137 Å². The quantitative estimate of drug-likeness (QED) is 0.672. The molecule has 2 aliphatic rings. The van der Waals surface area contributed by atoms with Crippen LogP contribution in [0.3, 0.4) is 0 Å². The summed E-state index contributed by atoms with van der Waals surface area (Å²) in [4.78, 5) is 15.5. The lowest BCUT2D eigenvalue weighted by atomic mass is 10.0. The zero-order valence-electron chi connectivity index (χ0n) is 13.6. The summed E-state index contributed by atoms with van der Waals surface area (Å²) in [7, 11) is 2.18. The number of nitro benzene ring substituents is 1. The summed E-state index contributed by atoms with van der Waals surface area (Å²) in [5.74, 6) is 0. The lowest BCUT2D eigenvalue weighted by Gasteiger charge is -2.42. The molecule has 2 aliphatic heterocycles. The van der Waals surface area contributed by atoms with E-state index in [1.807, 2.05) is 6.07 Å². The molecule has 2 saturated heterocycles. The molecule has 1 aromatic carbocycles. The number of anilines is 1. The highest BCUT2D eigenvalue weighted by atomic mass is 16.6. The van der Waals surface area contributed by atoms with E-state index < -0.39 is 0 Å². The van der Waals surface area contributed by atoms with Crippen LogP contribution >= 0.6 is 0 Å². The predicted octanol–water partition coefficient (Wildman–Crippen LogP) is 1.63. The highest BCUT2D eigenvalue weighted by Gasteiger charge is 2.26. The second-order valence-electron chi connectivity index (χ2n) is 6.48. The molecule has 1 aromatic rings. The van der Waals surface area contributed by atoms with Gasteiger partial charge in [0, 0.05) is 57.4 Å². The van der Waals surface area contributed by atoms with Gasteiger partial charge in [-0.3, -0.25) is 15.0 Å².